The molecule has 10 heteroatoms. The number of alkyl carbamates (subject to hydrolysis) is 1. The summed E-state index contributed by atoms with van der Waals surface area (Å²) in [7, 11) is 1.56. The molecule has 3 amide bonds. The molecule has 3 N–H and O–H groups in total. The van der Waals surface area contributed by atoms with Crippen molar-refractivity contribution < 1.29 is 29.0 Å². The Bertz CT molecular complexity index is 1180. The van der Waals surface area contributed by atoms with E-state index in [1.165, 1.54) is 0 Å². The van der Waals surface area contributed by atoms with Gasteiger partial charge in [0.25, 0.3) is 5.91 Å². The predicted octanol–water partition coefficient (Wildman–Crippen LogP) is 5.42. The summed E-state index contributed by atoms with van der Waals surface area (Å²) in [5.41, 5.74) is 0.701. The molecule has 0 spiro atoms. The van der Waals surface area contributed by atoms with Crippen LogP contribution in [0.15, 0.2) is 42.5 Å². The lowest BCUT2D eigenvalue weighted by molar-refractivity contribution is -0.145. The molecule has 0 saturated heterocycles. The lowest BCUT2D eigenvalue weighted by Gasteiger charge is -2.43. The normalized spacial score (nSPS) is 14.8. The van der Waals surface area contributed by atoms with Gasteiger partial charge in [0.2, 0.25) is 5.91 Å². The van der Waals surface area contributed by atoms with E-state index in [0.717, 1.165) is 6.42 Å². The number of phenols is 1. The average molecular weight is 572 g/mol. The van der Waals surface area contributed by atoms with Crippen molar-refractivity contribution >= 4 is 35.4 Å². The van der Waals surface area contributed by atoms with Gasteiger partial charge in [0, 0.05) is 17.3 Å². The minimum Gasteiger partial charge on any atom is -0.507 e. The Morgan fingerprint density at radius 1 is 1.12 bits per heavy atom. The van der Waals surface area contributed by atoms with Crippen LogP contribution in [0.5, 0.6) is 11.5 Å². The third-order valence-corrected chi connectivity index (χ3v) is 7.41. The fourth-order valence-electron chi connectivity index (χ4n) is 4.51. The Hall–Kier alpha value is -3.40. The fraction of sp³-hybridized carbons (Fsp3) is 0.500. The predicted molar refractivity (Wildman–Crippen MR) is 158 cm³/mol. The van der Waals surface area contributed by atoms with Crippen molar-refractivity contribution in [3.63, 3.8) is 0 Å². The number of ether oxygens (including phenoxy) is 2. The first-order chi connectivity index (χ1) is 18.9. The Kier molecular flexibility index (Phi) is 10.7. The van der Waals surface area contributed by atoms with Crippen LogP contribution in [0.2, 0.25) is 0 Å². The van der Waals surface area contributed by atoms with Gasteiger partial charge in [0.05, 0.1) is 7.11 Å². The molecular formula is C30H41N3O6S. The summed E-state index contributed by atoms with van der Waals surface area (Å²) >= 11 is 1.56. The topological polar surface area (TPSA) is 117 Å². The summed E-state index contributed by atoms with van der Waals surface area (Å²) in [4.78, 5) is 42.6. The molecule has 0 bridgehead atoms. The molecule has 2 aromatic carbocycles. The number of carbonyl (C=O) groups is 3. The summed E-state index contributed by atoms with van der Waals surface area (Å²) in [5.74, 6) is 0.355. The second-order valence-electron chi connectivity index (χ2n) is 10.9. The molecule has 1 saturated carbocycles. The number of rotatable bonds is 11. The number of amides is 3. The number of nitrogens with one attached hydrogen (secondary N) is 2. The van der Waals surface area contributed by atoms with Crippen LogP contribution in [0.25, 0.3) is 0 Å². The lowest BCUT2D eigenvalue weighted by Crippen LogP contribution is -2.57. The van der Waals surface area contributed by atoms with Crippen LogP contribution in [-0.2, 0) is 14.3 Å². The van der Waals surface area contributed by atoms with Crippen LogP contribution in [0.4, 0.5) is 10.5 Å². The summed E-state index contributed by atoms with van der Waals surface area (Å²) in [6.07, 6.45) is 3.93. The lowest BCUT2D eigenvalue weighted by atomic mass is 9.87. The summed E-state index contributed by atoms with van der Waals surface area (Å²) in [6.45, 7) is 7.02. The number of hydrogen-bond acceptors (Lipinski definition) is 7. The summed E-state index contributed by atoms with van der Waals surface area (Å²) < 4.78 is 10.7. The molecule has 2 aromatic rings. The van der Waals surface area contributed by atoms with Crippen LogP contribution in [0.3, 0.4) is 0 Å². The molecule has 0 radical (unpaired) electrons. The van der Waals surface area contributed by atoms with E-state index in [2.05, 4.69) is 10.6 Å². The summed E-state index contributed by atoms with van der Waals surface area (Å²) in [5, 5.41) is 16.7. The van der Waals surface area contributed by atoms with Crippen molar-refractivity contribution in [3.8, 4) is 11.5 Å². The molecule has 2 atom stereocenters. The minimum atomic E-state index is -1.13. The van der Waals surface area contributed by atoms with Gasteiger partial charge in [-0.2, -0.15) is 11.8 Å². The van der Waals surface area contributed by atoms with Crippen LogP contribution in [-0.4, -0.2) is 64.7 Å². The molecule has 0 heterocycles. The molecular weight excluding hydrogens is 530 g/mol. The minimum absolute atomic E-state index is 0.0460. The maximum atomic E-state index is 14.3. The van der Waals surface area contributed by atoms with E-state index < -0.39 is 29.7 Å². The Morgan fingerprint density at radius 2 is 1.80 bits per heavy atom. The van der Waals surface area contributed by atoms with E-state index in [9.17, 15) is 19.5 Å². The maximum absolute atomic E-state index is 14.3. The van der Waals surface area contributed by atoms with Gasteiger partial charge in [0.1, 0.15) is 29.2 Å². The van der Waals surface area contributed by atoms with Crippen LogP contribution in [0, 0.1) is 6.92 Å². The summed E-state index contributed by atoms with van der Waals surface area (Å²) in [6, 6.07) is 9.79. The first-order valence-electron chi connectivity index (χ1n) is 13.5. The highest BCUT2D eigenvalue weighted by Gasteiger charge is 2.43. The van der Waals surface area contributed by atoms with Crippen molar-refractivity contribution in [2.75, 3.05) is 24.4 Å². The number of anilines is 1. The molecule has 0 aliphatic heterocycles. The smallest absolute Gasteiger partial charge is 0.408 e. The van der Waals surface area contributed by atoms with Gasteiger partial charge >= 0.3 is 6.09 Å². The molecule has 40 heavy (non-hydrogen) atoms. The highest BCUT2D eigenvalue weighted by Crippen LogP contribution is 2.38. The highest BCUT2D eigenvalue weighted by molar-refractivity contribution is 7.98. The molecule has 9 nitrogen and oxygen atoms in total. The largest absolute Gasteiger partial charge is 0.507 e. The standard InChI is InChI=1S/C30H41N3O6S/c1-19-9-7-12-23(26(19)34)25(27(35)31-20-13-15-22(38-5)16-14-20)33(21-10-8-11-21)28(36)24(17-18-40-6)32-29(37)39-30(2,3)4/h7,9,12-16,21,24-25,34H,8,10-11,17-18H2,1-6H3,(H,31,35)(H,32,37). The number of phenolic OH excluding ortho intramolecular Hbond substituents is 1. The number of carbonyl (C=O) groups excluding carboxylic acids is 3. The van der Waals surface area contributed by atoms with Crippen LogP contribution in [0.1, 0.15) is 63.6 Å². The van der Waals surface area contributed by atoms with Crippen molar-refractivity contribution in [2.45, 2.75) is 77.1 Å². The number of aromatic hydroxyl groups is 1. The monoisotopic (exact) mass is 571 g/mol. The Morgan fingerprint density at radius 3 is 2.35 bits per heavy atom. The van der Waals surface area contributed by atoms with Gasteiger partial charge in [-0.15, -0.1) is 0 Å². The zero-order valence-corrected chi connectivity index (χ0v) is 25.0. The molecule has 3 rings (SSSR count). The zero-order valence-electron chi connectivity index (χ0n) is 24.2. The van der Waals surface area contributed by atoms with E-state index in [-0.39, 0.29) is 17.7 Å². The third kappa shape index (κ3) is 8.06. The number of aryl methyl sites for hydroxylation is 1. The molecule has 1 fully saturated rings. The van der Waals surface area contributed by atoms with Crippen molar-refractivity contribution in [3.05, 3.63) is 53.6 Å². The second kappa shape index (κ2) is 13.8. The molecule has 1 aliphatic rings. The number of hydrogen-bond donors (Lipinski definition) is 3. The number of para-hydroxylation sites is 1. The SMILES string of the molecule is COc1ccc(NC(=O)C(c2cccc(C)c2O)N(C(=O)C(CCSC)NC(=O)OC(C)(C)C)C2CCC2)cc1. The Labute approximate surface area is 241 Å². The van der Waals surface area contributed by atoms with Gasteiger partial charge in [-0.3, -0.25) is 9.59 Å². The van der Waals surface area contributed by atoms with Gasteiger partial charge in [-0.1, -0.05) is 18.2 Å². The first-order valence-corrected chi connectivity index (χ1v) is 14.9. The van der Waals surface area contributed by atoms with E-state index >= 15 is 0 Å². The van der Waals surface area contributed by atoms with Crippen molar-refractivity contribution in [1.82, 2.24) is 10.2 Å². The van der Waals surface area contributed by atoms with E-state index in [1.54, 1.807) is 93.9 Å². The molecule has 2 unspecified atom stereocenters. The maximum Gasteiger partial charge on any atom is 0.408 e. The van der Waals surface area contributed by atoms with Gasteiger partial charge in [-0.25, -0.2) is 4.79 Å². The third-order valence-electron chi connectivity index (χ3n) is 6.77. The fourth-order valence-corrected chi connectivity index (χ4v) is 4.98. The molecule has 218 valence electrons. The zero-order chi connectivity index (χ0) is 29.4. The van der Waals surface area contributed by atoms with Crippen LogP contribution >= 0.6 is 11.8 Å². The van der Waals surface area contributed by atoms with E-state index in [4.69, 9.17) is 9.47 Å². The van der Waals surface area contributed by atoms with Crippen molar-refractivity contribution in [2.24, 2.45) is 0 Å². The second-order valence-corrected chi connectivity index (χ2v) is 11.9. The average Bonchev–Trinajstić information content (AvgIpc) is 2.86. The number of benzene rings is 2. The van der Waals surface area contributed by atoms with Crippen LogP contribution < -0.4 is 15.4 Å². The van der Waals surface area contributed by atoms with E-state index in [0.29, 0.717) is 47.6 Å². The number of methoxy groups -OCH3 is 1. The quantitative estimate of drug-likeness (QED) is 0.330. The number of nitrogens with zero attached hydrogens (tertiary/aromatic N) is 1. The van der Waals surface area contributed by atoms with Gasteiger partial charge in [0.15, 0.2) is 0 Å². The van der Waals surface area contributed by atoms with Crippen molar-refractivity contribution in [1.29, 1.82) is 0 Å². The molecule has 0 aromatic heterocycles. The molecule has 1 aliphatic carbocycles. The van der Waals surface area contributed by atoms with Gasteiger partial charge in [-0.05, 0) is 95.2 Å². The first kappa shape index (κ1) is 31.1. The van der Waals surface area contributed by atoms with Gasteiger partial charge < -0.3 is 30.1 Å². The Balaban J connectivity index is 2.03. The van der Waals surface area contributed by atoms with E-state index in [1.807, 2.05) is 6.26 Å². The highest BCUT2D eigenvalue weighted by atomic mass is 32.2. The number of thioether (sulfide) groups is 1.